The zero-order valence-corrected chi connectivity index (χ0v) is 12.8. The SMILES string of the molecule is O=C(Cn1cc(Br)c(=O)[nH]c1=O)c1ccc2c(c1)CCC2. The first-order valence-electron chi connectivity index (χ1n) is 6.69. The van der Waals surface area contributed by atoms with Crippen molar-refractivity contribution < 1.29 is 4.79 Å². The minimum absolute atomic E-state index is 0.0903. The molecule has 3 rings (SSSR count). The number of nitrogens with one attached hydrogen (secondary N) is 1. The van der Waals surface area contributed by atoms with Gasteiger partial charge in [0, 0.05) is 11.8 Å². The van der Waals surface area contributed by atoms with E-state index in [-0.39, 0.29) is 16.8 Å². The number of carbonyl (C=O) groups is 1. The third-order valence-electron chi connectivity index (χ3n) is 3.70. The van der Waals surface area contributed by atoms with Crippen LogP contribution in [0.15, 0.2) is 38.5 Å². The molecule has 1 aromatic heterocycles. The summed E-state index contributed by atoms with van der Waals surface area (Å²) in [6.45, 7) is -0.0903. The number of nitrogens with zero attached hydrogens (tertiary/aromatic N) is 1. The first kappa shape index (κ1) is 14.0. The third kappa shape index (κ3) is 2.76. The lowest BCUT2D eigenvalue weighted by Gasteiger charge is -2.07. The summed E-state index contributed by atoms with van der Waals surface area (Å²) in [4.78, 5) is 37.4. The van der Waals surface area contributed by atoms with Crippen molar-refractivity contribution in [2.45, 2.75) is 25.8 Å². The molecule has 1 aliphatic rings. The summed E-state index contributed by atoms with van der Waals surface area (Å²) < 4.78 is 1.42. The van der Waals surface area contributed by atoms with E-state index in [9.17, 15) is 14.4 Å². The fourth-order valence-electron chi connectivity index (χ4n) is 2.59. The Hall–Kier alpha value is -1.95. The number of H-pyrrole nitrogens is 1. The summed E-state index contributed by atoms with van der Waals surface area (Å²) in [5.41, 5.74) is 2.04. The Labute approximate surface area is 128 Å². The second-order valence-corrected chi connectivity index (χ2v) is 5.98. The monoisotopic (exact) mass is 348 g/mol. The number of fused-ring (bicyclic) bond motifs is 1. The molecule has 1 N–H and O–H groups in total. The number of aromatic nitrogens is 2. The molecule has 5 nitrogen and oxygen atoms in total. The van der Waals surface area contributed by atoms with Crippen molar-refractivity contribution in [2.75, 3.05) is 0 Å². The number of ketones is 1. The molecule has 108 valence electrons. The van der Waals surface area contributed by atoms with Gasteiger partial charge in [-0.25, -0.2) is 4.79 Å². The second kappa shape index (κ2) is 5.44. The van der Waals surface area contributed by atoms with Gasteiger partial charge in [-0.1, -0.05) is 12.1 Å². The molecule has 0 atom stereocenters. The van der Waals surface area contributed by atoms with E-state index in [0.29, 0.717) is 5.56 Å². The first-order chi connectivity index (χ1) is 10.0. The Balaban J connectivity index is 1.88. The van der Waals surface area contributed by atoms with E-state index in [2.05, 4.69) is 20.9 Å². The maximum atomic E-state index is 12.3. The normalized spacial score (nSPS) is 13.2. The molecular formula is C15H13BrN2O3. The van der Waals surface area contributed by atoms with Crippen LogP contribution in [-0.2, 0) is 19.4 Å². The van der Waals surface area contributed by atoms with Gasteiger partial charge in [0.25, 0.3) is 5.56 Å². The highest BCUT2D eigenvalue weighted by Crippen LogP contribution is 2.23. The molecule has 1 aliphatic carbocycles. The van der Waals surface area contributed by atoms with Gasteiger partial charge < -0.3 is 0 Å². The first-order valence-corrected chi connectivity index (χ1v) is 7.48. The smallest absolute Gasteiger partial charge is 0.292 e. The van der Waals surface area contributed by atoms with E-state index in [0.717, 1.165) is 19.3 Å². The Morgan fingerprint density at radius 1 is 1.24 bits per heavy atom. The van der Waals surface area contributed by atoms with Gasteiger partial charge in [0.15, 0.2) is 5.78 Å². The van der Waals surface area contributed by atoms with Crippen molar-refractivity contribution >= 4 is 21.7 Å². The Morgan fingerprint density at radius 2 is 2.00 bits per heavy atom. The average Bonchev–Trinajstić information content (AvgIpc) is 2.92. The number of benzene rings is 1. The summed E-state index contributed by atoms with van der Waals surface area (Å²) in [5.74, 6) is -0.147. The molecular weight excluding hydrogens is 336 g/mol. The second-order valence-electron chi connectivity index (χ2n) is 5.12. The lowest BCUT2D eigenvalue weighted by molar-refractivity contribution is 0.0970. The minimum atomic E-state index is -0.585. The van der Waals surface area contributed by atoms with Gasteiger partial charge in [-0.2, -0.15) is 0 Å². The quantitative estimate of drug-likeness (QED) is 0.857. The van der Waals surface area contributed by atoms with E-state index in [1.807, 2.05) is 12.1 Å². The molecule has 6 heteroatoms. The third-order valence-corrected chi connectivity index (χ3v) is 4.27. The maximum Gasteiger partial charge on any atom is 0.328 e. The summed E-state index contributed by atoms with van der Waals surface area (Å²) in [6, 6.07) is 5.70. The summed E-state index contributed by atoms with van der Waals surface area (Å²) >= 11 is 3.05. The van der Waals surface area contributed by atoms with Gasteiger partial charge in [-0.3, -0.25) is 19.1 Å². The zero-order chi connectivity index (χ0) is 15.0. The lowest BCUT2D eigenvalue weighted by atomic mass is 10.0. The molecule has 0 saturated heterocycles. The van der Waals surface area contributed by atoms with Gasteiger partial charge in [-0.15, -0.1) is 0 Å². The van der Waals surface area contributed by atoms with Crippen LogP contribution < -0.4 is 11.2 Å². The predicted octanol–water partition coefficient (Wildman–Crippen LogP) is 1.67. The van der Waals surface area contributed by atoms with Crippen molar-refractivity contribution in [3.05, 3.63) is 66.4 Å². The van der Waals surface area contributed by atoms with Gasteiger partial charge in [0.2, 0.25) is 0 Å². The summed E-state index contributed by atoms with van der Waals surface area (Å²) in [6.07, 6.45) is 4.53. The van der Waals surface area contributed by atoms with Gasteiger partial charge in [-0.05, 0) is 52.4 Å². The molecule has 0 amide bonds. The molecule has 0 bridgehead atoms. The molecule has 0 aliphatic heterocycles. The van der Waals surface area contributed by atoms with Crippen LogP contribution in [0.2, 0.25) is 0 Å². The fraction of sp³-hybridized carbons (Fsp3) is 0.267. The van der Waals surface area contributed by atoms with Crippen LogP contribution in [0.1, 0.15) is 27.9 Å². The number of Topliss-reactive ketones (excluding diaryl/α,β-unsaturated/α-hetero) is 1. The van der Waals surface area contributed by atoms with Crippen LogP contribution in [0.25, 0.3) is 0 Å². The number of aromatic amines is 1. The number of hydrogen-bond acceptors (Lipinski definition) is 3. The predicted molar refractivity (Wildman–Crippen MR) is 81.8 cm³/mol. The lowest BCUT2D eigenvalue weighted by Crippen LogP contribution is -2.31. The summed E-state index contributed by atoms with van der Waals surface area (Å²) in [7, 11) is 0. The number of hydrogen-bond donors (Lipinski definition) is 1. The molecule has 21 heavy (non-hydrogen) atoms. The molecule has 0 radical (unpaired) electrons. The average molecular weight is 349 g/mol. The van der Waals surface area contributed by atoms with Crippen LogP contribution in [0.4, 0.5) is 0 Å². The fourth-order valence-corrected chi connectivity index (χ4v) is 2.94. The Morgan fingerprint density at radius 3 is 2.81 bits per heavy atom. The number of rotatable bonds is 3. The van der Waals surface area contributed by atoms with E-state index >= 15 is 0 Å². The van der Waals surface area contributed by atoms with Gasteiger partial charge in [0.1, 0.15) is 0 Å². The van der Waals surface area contributed by atoms with Crippen LogP contribution in [0, 0.1) is 0 Å². The number of aryl methyl sites for hydroxylation is 2. The van der Waals surface area contributed by atoms with Crippen LogP contribution in [0.5, 0.6) is 0 Å². The highest BCUT2D eigenvalue weighted by Gasteiger charge is 2.15. The van der Waals surface area contributed by atoms with Gasteiger partial charge in [0.05, 0.1) is 11.0 Å². The van der Waals surface area contributed by atoms with Crippen molar-refractivity contribution in [3.63, 3.8) is 0 Å². The van der Waals surface area contributed by atoms with E-state index in [1.165, 1.54) is 21.9 Å². The van der Waals surface area contributed by atoms with Crippen molar-refractivity contribution in [2.24, 2.45) is 0 Å². The van der Waals surface area contributed by atoms with E-state index in [1.54, 1.807) is 6.07 Å². The minimum Gasteiger partial charge on any atom is -0.292 e. The largest absolute Gasteiger partial charge is 0.328 e. The zero-order valence-electron chi connectivity index (χ0n) is 11.2. The molecule has 0 spiro atoms. The number of halogens is 1. The molecule has 2 aromatic rings. The molecule has 0 fully saturated rings. The van der Waals surface area contributed by atoms with Gasteiger partial charge >= 0.3 is 5.69 Å². The highest BCUT2D eigenvalue weighted by atomic mass is 79.9. The molecule has 0 unspecified atom stereocenters. The molecule has 1 heterocycles. The van der Waals surface area contributed by atoms with Crippen molar-refractivity contribution in [3.8, 4) is 0 Å². The molecule has 1 aromatic carbocycles. The van der Waals surface area contributed by atoms with Crippen molar-refractivity contribution in [1.82, 2.24) is 9.55 Å². The van der Waals surface area contributed by atoms with Crippen molar-refractivity contribution in [1.29, 1.82) is 0 Å². The van der Waals surface area contributed by atoms with Crippen LogP contribution in [0.3, 0.4) is 0 Å². The molecule has 0 saturated carbocycles. The van der Waals surface area contributed by atoms with E-state index in [4.69, 9.17) is 0 Å². The van der Waals surface area contributed by atoms with Crippen LogP contribution >= 0.6 is 15.9 Å². The maximum absolute atomic E-state index is 12.3. The topological polar surface area (TPSA) is 71.9 Å². The Bertz CT molecular complexity index is 836. The summed E-state index contributed by atoms with van der Waals surface area (Å²) in [5, 5.41) is 0. The highest BCUT2D eigenvalue weighted by molar-refractivity contribution is 9.10. The number of carbonyl (C=O) groups excluding carboxylic acids is 1. The standard InChI is InChI=1S/C15H13BrN2O3/c16-12-7-18(15(21)17-14(12)20)8-13(19)11-5-4-9-2-1-3-10(9)6-11/h4-7H,1-3,8H2,(H,17,20,21). The Kier molecular flexibility index (Phi) is 3.63. The van der Waals surface area contributed by atoms with Crippen LogP contribution in [-0.4, -0.2) is 15.3 Å². The van der Waals surface area contributed by atoms with E-state index < -0.39 is 11.2 Å².